The van der Waals surface area contributed by atoms with E-state index in [2.05, 4.69) is 36.9 Å². The summed E-state index contributed by atoms with van der Waals surface area (Å²) in [5.74, 6) is -0.176. The van der Waals surface area contributed by atoms with Gasteiger partial charge in [-0.1, -0.05) is 19.1 Å². The van der Waals surface area contributed by atoms with Crippen molar-refractivity contribution in [1.82, 2.24) is 0 Å². The fraction of sp³-hybridized carbons (Fsp3) is 0.562. The molecule has 0 saturated heterocycles. The fourth-order valence-electron chi connectivity index (χ4n) is 2.80. The molecule has 0 amide bonds. The smallest absolute Gasteiger partial charge is 0.309 e. The van der Waals surface area contributed by atoms with Crippen LogP contribution in [0.25, 0.3) is 0 Å². The monoisotopic (exact) mass is 261 g/mol. The molecule has 3 heteroatoms. The van der Waals surface area contributed by atoms with Gasteiger partial charge in [-0.2, -0.15) is 0 Å². The minimum atomic E-state index is -0.742. The number of aliphatic carboxylic acids is 1. The highest BCUT2D eigenvalue weighted by atomic mass is 16.4. The number of likely N-dealkylation sites (N-methyl/N-ethyl adjacent to an activating group) is 1. The summed E-state index contributed by atoms with van der Waals surface area (Å²) < 4.78 is 0. The quantitative estimate of drug-likeness (QED) is 0.904. The van der Waals surface area contributed by atoms with Gasteiger partial charge in [0, 0.05) is 24.7 Å². The maximum Gasteiger partial charge on any atom is 0.309 e. The number of rotatable bonds is 4. The molecule has 0 aliphatic carbocycles. The molecule has 1 N–H and O–H groups in total. The van der Waals surface area contributed by atoms with Crippen molar-refractivity contribution in [3.05, 3.63) is 29.3 Å². The molecule has 0 spiro atoms. The van der Waals surface area contributed by atoms with Crippen molar-refractivity contribution in [1.29, 1.82) is 0 Å². The highest BCUT2D eigenvalue weighted by Crippen LogP contribution is 2.37. The summed E-state index contributed by atoms with van der Waals surface area (Å²) in [5, 5.41) is 9.23. The average Bonchev–Trinajstić information content (AvgIpc) is 2.65. The summed E-state index contributed by atoms with van der Waals surface area (Å²) in [7, 11) is 0. The topological polar surface area (TPSA) is 40.5 Å². The van der Waals surface area contributed by atoms with Crippen LogP contribution in [-0.2, 0) is 11.2 Å². The van der Waals surface area contributed by atoms with Gasteiger partial charge in [-0.25, -0.2) is 0 Å². The van der Waals surface area contributed by atoms with Crippen molar-refractivity contribution in [3.8, 4) is 0 Å². The molecule has 19 heavy (non-hydrogen) atoms. The van der Waals surface area contributed by atoms with E-state index >= 15 is 0 Å². The summed E-state index contributed by atoms with van der Waals surface area (Å²) in [6, 6.07) is 6.43. The van der Waals surface area contributed by atoms with Crippen LogP contribution in [0.1, 0.15) is 44.7 Å². The zero-order chi connectivity index (χ0) is 14.2. The molecule has 2 rings (SSSR count). The molecule has 1 aromatic carbocycles. The maximum absolute atomic E-state index is 11.2. The van der Waals surface area contributed by atoms with E-state index in [-0.39, 0.29) is 0 Å². The Balaban J connectivity index is 2.29. The third kappa shape index (κ3) is 2.60. The number of carboxylic acid groups (broad SMARTS) is 1. The van der Waals surface area contributed by atoms with Crippen molar-refractivity contribution in [2.45, 2.75) is 40.0 Å². The van der Waals surface area contributed by atoms with Crippen LogP contribution >= 0.6 is 0 Å². The minimum absolute atomic E-state index is 0.566. The van der Waals surface area contributed by atoms with Crippen LogP contribution in [0.4, 0.5) is 5.69 Å². The Bertz CT molecular complexity index is 494. The van der Waals surface area contributed by atoms with Crippen molar-refractivity contribution < 1.29 is 9.90 Å². The van der Waals surface area contributed by atoms with E-state index in [0.717, 1.165) is 18.7 Å². The number of carboxylic acids is 1. The zero-order valence-corrected chi connectivity index (χ0v) is 12.2. The first kappa shape index (κ1) is 13.9. The molecule has 104 valence electrons. The zero-order valence-electron chi connectivity index (χ0n) is 12.2. The van der Waals surface area contributed by atoms with Crippen molar-refractivity contribution in [2.75, 3.05) is 18.0 Å². The summed E-state index contributed by atoms with van der Waals surface area (Å²) in [4.78, 5) is 13.6. The standard InChI is InChI=1S/C16H23NO2/c1-5-17-10-11(2)13-7-6-12(8-14(13)17)9-16(3,4)15(18)19/h6-8,11H,5,9-10H2,1-4H3,(H,18,19). The third-order valence-corrected chi connectivity index (χ3v) is 4.07. The Labute approximate surface area is 115 Å². The Morgan fingerprint density at radius 3 is 2.74 bits per heavy atom. The van der Waals surface area contributed by atoms with Crippen LogP contribution in [0.3, 0.4) is 0 Å². The van der Waals surface area contributed by atoms with Gasteiger partial charge in [0.25, 0.3) is 0 Å². The van der Waals surface area contributed by atoms with Crippen molar-refractivity contribution in [2.24, 2.45) is 5.41 Å². The molecule has 1 aromatic rings. The first-order valence-corrected chi connectivity index (χ1v) is 6.96. The van der Waals surface area contributed by atoms with E-state index in [9.17, 15) is 9.90 Å². The second-order valence-electron chi connectivity index (χ2n) is 6.20. The molecule has 1 aliphatic rings. The van der Waals surface area contributed by atoms with Crippen LogP contribution in [-0.4, -0.2) is 24.2 Å². The number of hydrogen-bond donors (Lipinski definition) is 1. The van der Waals surface area contributed by atoms with Gasteiger partial charge in [-0.3, -0.25) is 4.79 Å². The Kier molecular flexibility index (Phi) is 3.57. The van der Waals surface area contributed by atoms with Gasteiger partial charge in [-0.15, -0.1) is 0 Å². The fourth-order valence-corrected chi connectivity index (χ4v) is 2.80. The SMILES string of the molecule is CCN1CC(C)c2ccc(CC(C)(C)C(=O)O)cc21. The van der Waals surface area contributed by atoms with Gasteiger partial charge in [0.2, 0.25) is 0 Å². The molecule has 1 aliphatic heterocycles. The lowest BCUT2D eigenvalue weighted by Crippen LogP contribution is -2.26. The predicted octanol–water partition coefficient (Wildman–Crippen LogP) is 3.28. The summed E-state index contributed by atoms with van der Waals surface area (Å²) >= 11 is 0. The largest absolute Gasteiger partial charge is 0.481 e. The lowest BCUT2D eigenvalue weighted by molar-refractivity contribution is -0.146. The second-order valence-corrected chi connectivity index (χ2v) is 6.20. The highest BCUT2D eigenvalue weighted by molar-refractivity contribution is 5.74. The molecular formula is C16H23NO2. The number of hydrogen-bond acceptors (Lipinski definition) is 2. The Hall–Kier alpha value is -1.51. The summed E-state index contributed by atoms with van der Waals surface area (Å²) in [6.07, 6.45) is 0.571. The number of nitrogens with zero attached hydrogens (tertiary/aromatic N) is 1. The molecule has 0 bridgehead atoms. The molecular weight excluding hydrogens is 238 g/mol. The van der Waals surface area contributed by atoms with E-state index in [1.165, 1.54) is 11.3 Å². The lowest BCUT2D eigenvalue weighted by Gasteiger charge is -2.21. The van der Waals surface area contributed by atoms with Crippen LogP contribution in [0.15, 0.2) is 18.2 Å². The Morgan fingerprint density at radius 1 is 1.47 bits per heavy atom. The maximum atomic E-state index is 11.2. The Morgan fingerprint density at radius 2 is 2.16 bits per heavy atom. The first-order chi connectivity index (χ1) is 8.85. The van der Waals surface area contributed by atoms with Crippen molar-refractivity contribution >= 4 is 11.7 Å². The van der Waals surface area contributed by atoms with Crippen LogP contribution < -0.4 is 4.90 Å². The van der Waals surface area contributed by atoms with E-state index < -0.39 is 11.4 Å². The molecule has 0 fully saturated rings. The van der Waals surface area contributed by atoms with Gasteiger partial charge in [-0.05, 0) is 44.4 Å². The van der Waals surface area contributed by atoms with Crippen LogP contribution in [0.2, 0.25) is 0 Å². The summed E-state index contributed by atoms with van der Waals surface area (Å²) in [6.45, 7) is 10.0. The van der Waals surface area contributed by atoms with E-state index in [0.29, 0.717) is 12.3 Å². The average molecular weight is 261 g/mol. The third-order valence-electron chi connectivity index (χ3n) is 4.07. The van der Waals surface area contributed by atoms with E-state index in [1.54, 1.807) is 13.8 Å². The van der Waals surface area contributed by atoms with Crippen molar-refractivity contribution in [3.63, 3.8) is 0 Å². The van der Waals surface area contributed by atoms with Gasteiger partial charge in [0.1, 0.15) is 0 Å². The molecule has 0 aromatic heterocycles. The number of fused-ring (bicyclic) bond motifs is 1. The van der Waals surface area contributed by atoms with Gasteiger partial charge >= 0.3 is 5.97 Å². The van der Waals surface area contributed by atoms with Gasteiger partial charge < -0.3 is 10.0 Å². The van der Waals surface area contributed by atoms with E-state index in [4.69, 9.17) is 0 Å². The molecule has 3 nitrogen and oxygen atoms in total. The van der Waals surface area contributed by atoms with Gasteiger partial charge in [0.05, 0.1) is 5.41 Å². The molecule has 1 atom stereocenters. The minimum Gasteiger partial charge on any atom is -0.481 e. The molecule has 0 saturated carbocycles. The number of benzene rings is 1. The summed E-state index contributed by atoms with van der Waals surface area (Å²) in [5.41, 5.74) is 3.07. The van der Waals surface area contributed by atoms with Gasteiger partial charge in [0.15, 0.2) is 0 Å². The molecule has 1 heterocycles. The van der Waals surface area contributed by atoms with E-state index in [1.807, 2.05) is 0 Å². The molecule has 1 unspecified atom stereocenters. The normalized spacial score (nSPS) is 18.5. The second kappa shape index (κ2) is 4.87. The molecule has 0 radical (unpaired) electrons. The number of anilines is 1. The van der Waals surface area contributed by atoms with Crippen LogP contribution in [0, 0.1) is 5.41 Å². The lowest BCUT2D eigenvalue weighted by atomic mass is 9.85. The highest BCUT2D eigenvalue weighted by Gasteiger charge is 2.29. The number of carbonyl (C=O) groups is 1. The first-order valence-electron chi connectivity index (χ1n) is 6.96. The predicted molar refractivity (Wildman–Crippen MR) is 77.9 cm³/mol. The van der Waals surface area contributed by atoms with Crippen LogP contribution in [0.5, 0.6) is 0 Å².